The molecule has 0 bridgehead atoms. The molecule has 0 saturated heterocycles. The zero-order valence-corrected chi connectivity index (χ0v) is 8.43. The van der Waals surface area contributed by atoms with Crippen LogP contribution >= 0.6 is 11.5 Å². The zero-order valence-electron chi connectivity index (χ0n) is 7.62. The van der Waals surface area contributed by atoms with E-state index < -0.39 is 5.97 Å². The number of unbranched alkanes of at least 4 members (excludes halogenated alkanes) is 2. The Morgan fingerprint density at radius 1 is 1.62 bits per heavy atom. The Hall–Kier alpha value is -0.900. The SMILES string of the molecule is CCCCCc1nscc1C(=O)O. The van der Waals surface area contributed by atoms with Gasteiger partial charge in [0.1, 0.15) is 0 Å². The topological polar surface area (TPSA) is 50.2 Å². The number of nitrogens with zero attached hydrogens (tertiary/aromatic N) is 1. The lowest BCUT2D eigenvalue weighted by Crippen LogP contribution is -1.99. The van der Waals surface area contributed by atoms with Crippen molar-refractivity contribution in [3.05, 3.63) is 16.6 Å². The number of carboxylic acid groups (broad SMARTS) is 1. The van der Waals surface area contributed by atoms with Crippen LogP contribution < -0.4 is 0 Å². The van der Waals surface area contributed by atoms with E-state index in [4.69, 9.17) is 5.11 Å². The third-order valence-corrected chi connectivity index (χ3v) is 2.56. The van der Waals surface area contributed by atoms with Crippen molar-refractivity contribution in [2.45, 2.75) is 32.6 Å². The van der Waals surface area contributed by atoms with E-state index in [0.717, 1.165) is 31.4 Å². The highest BCUT2D eigenvalue weighted by atomic mass is 32.1. The smallest absolute Gasteiger partial charge is 0.338 e. The summed E-state index contributed by atoms with van der Waals surface area (Å²) in [6, 6.07) is 0. The van der Waals surface area contributed by atoms with Crippen LogP contribution in [0.25, 0.3) is 0 Å². The van der Waals surface area contributed by atoms with Crippen LogP contribution in [0, 0.1) is 0 Å². The Labute approximate surface area is 81.6 Å². The minimum atomic E-state index is -0.861. The predicted molar refractivity (Wildman–Crippen MR) is 52.3 cm³/mol. The minimum Gasteiger partial charge on any atom is -0.478 e. The van der Waals surface area contributed by atoms with E-state index in [1.165, 1.54) is 11.5 Å². The number of aryl methyl sites for hydroxylation is 1. The third kappa shape index (κ3) is 2.81. The molecular weight excluding hydrogens is 186 g/mol. The van der Waals surface area contributed by atoms with Gasteiger partial charge in [-0.1, -0.05) is 19.8 Å². The van der Waals surface area contributed by atoms with E-state index in [9.17, 15) is 4.79 Å². The van der Waals surface area contributed by atoms with Gasteiger partial charge in [0, 0.05) is 5.38 Å². The van der Waals surface area contributed by atoms with Crippen LogP contribution in [0.2, 0.25) is 0 Å². The molecule has 0 atom stereocenters. The molecular formula is C9H13NO2S. The highest BCUT2D eigenvalue weighted by molar-refractivity contribution is 7.03. The first-order valence-corrected chi connectivity index (χ1v) is 5.26. The lowest BCUT2D eigenvalue weighted by molar-refractivity contribution is 0.0696. The van der Waals surface area contributed by atoms with Gasteiger partial charge in [-0.15, -0.1) is 0 Å². The Bertz CT molecular complexity index is 283. The molecule has 1 rings (SSSR count). The van der Waals surface area contributed by atoms with E-state index in [0.29, 0.717) is 5.56 Å². The molecule has 0 aliphatic heterocycles. The predicted octanol–water partition coefficient (Wildman–Crippen LogP) is 2.57. The van der Waals surface area contributed by atoms with Gasteiger partial charge < -0.3 is 5.11 Å². The normalized spacial score (nSPS) is 10.2. The average Bonchev–Trinajstić information content (AvgIpc) is 2.53. The maximum atomic E-state index is 10.7. The van der Waals surface area contributed by atoms with E-state index in [1.807, 2.05) is 0 Å². The highest BCUT2D eigenvalue weighted by Crippen LogP contribution is 2.13. The first-order valence-electron chi connectivity index (χ1n) is 4.42. The zero-order chi connectivity index (χ0) is 9.68. The molecule has 0 spiro atoms. The summed E-state index contributed by atoms with van der Waals surface area (Å²) in [7, 11) is 0. The molecule has 13 heavy (non-hydrogen) atoms. The largest absolute Gasteiger partial charge is 0.478 e. The molecule has 0 saturated carbocycles. The fourth-order valence-corrected chi connectivity index (χ4v) is 1.87. The van der Waals surface area contributed by atoms with Crippen LogP contribution in [0.3, 0.4) is 0 Å². The van der Waals surface area contributed by atoms with Gasteiger partial charge in [0.15, 0.2) is 0 Å². The second-order valence-electron chi connectivity index (χ2n) is 2.94. The van der Waals surface area contributed by atoms with Crippen molar-refractivity contribution in [3.63, 3.8) is 0 Å². The Kier molecular flexibility index (Phi) is 3.89. The average molecular weight is 199 g/mol. The molecule has 72 valence electrons. The summed E-state index contributed by atoms with van der Waals surface area (Å²) >= 11 is 1.22. The van der Waals surface area contributed by atoms with Crippen molar-refractivity contribution in [3.8, 4) is 0 Å². The minimum absolute atomic E-state index is 0.376. The monoisotopic (exact) mass is 199 g/mol. The van der Waals surface area contributed by atoms with Gasteiger partial charge in [0.05, 0.1) is 11.3 Å². The molecule has 3 nitrogen and oxygen atoms in total. The van der Waals surface area contributed by atoms with Gasteiger partial charge in [-0.05, 0) is 24.4 Å². The van der Waals surface area contributed by atoms with Crippen molar-refractivity contribution in [1.29, 1.82) is 0 Å². The number of carboxylic acids is 1. The van der Waals surface area contributed by atoms with Gasteiger partial charge in [-0.2, -0.15) is 4.37 Å². The number of hydrogen-bond donors (Lipinski definition) is 1. The van der Waals surface area contributed by atoms with Crippen molar-refractivity contribution < 1.29 is 9.90 Å². The fourth-order valence-electron chi connectivity index (χ4n) is 1.16. The van der Waals surface area contributed by atoms with E-state index in [1.54, 1.807) is 5.38 Å². The summed E-state index contributed by atoms with van der Waals surface area (Å²) in [5.41, 5.74) is 1.12. The highest BCUT2D eigenvalue weighted by Gasteiger charge is 2.11. The first kappa shape index (κ1) is 10.2. The van der Waals surface area contributed by atoms with Crippen LogP contribution in [0.4, 0.5) is 0 Å². The molecule has 1 aromatic heterocycles. The standard InChI is InChI=1S/C9H13NO2S/c1-2-3-4-5-8-7(9(11)12)6-13-10-8/h6H,2-5H2,1H3,(H,11,12). The second-order valence-corrected chi connectivity index (χ2v) is 3.57. The second kappa shape index (κ2) is 4.97. The van der Waals surface area contributed by atoms with Gasteiger partial charge in [0.2, 0.25) is 0 Å². The summed E-state index contributed by atoms with van der Waals surface area (Å²) in [6.45, 7) is 2.12. The van der Waals surface area contributed by atoms with Crippen molar-refractivity contribution in [2.75, 3.05) is 0 Å². The number of rotatable bonds is 5. The number of aromatic nitrogens is 1. The van der Waals surface area contributed by atoms with Crippen molar-refractivity contribution in [1.82, 2.24) is 4.37 Å². The van der Waals surface area contributed by atoms with Crippen LogP contribution in [0.15, 0.2) is 5.38 Å². The van der Waals surface area contributed by atoms with E-state index in [2.05, 4.69) is 11.3 Å². The van der Waals surface area contributed by atoms with Crippen LogP contribution in [-0.4, -0.2) is 15.4 Å². The number of carbonyl (C=O) groups is 1. The van der Waals surface area contributed by atoms with Crippen LogP contribution in [0.5, 0.6) is 0 Å². The lowest BCUT2D eigenvalue weighted by atomic mass is 10.1. The molecule has 0 radical (unpaired) electrons. The van der Waals surface area contributed by atoms with Crippen LogP contribution in [-0.2, 0) is 6.42 Å². The third-order valence-electron chi connectivity index (χ3n) is 1.89. The molecule has 0 aromatic carbocycles. The fraction of sp³-hybridized carbons (Fsp3) is 0.556. The molecule has 1 aromatic rings. The Balaban J connectivity index is 2.55. The van der Waals surface area contributed by atoms with E-state index in [-0.39, 0.29) is 0 Å². The molecule has 0 aliphatic rings. The van der Waals surface area contributed by atoms with Gasteiger partial charge >= 0.3 is 5.97 Å². The van der Waals surface area contributed by atoms with Crippen molar-refractivity contribution >= 4 is 17.5 Å². The molecule has 0 unspecified atom stereocenters. The molecule has 1 N–H and O–H groups in total. The van der Waals surface area contributed by atoms with Gasteiger partial charge in [0.25, 0.3) is 0 Å². The van der Waals surface area contributed by atoms with Crippen LogP contribution in [0.1, 0.15) is 42.2 Å². The molecule has 0 amide bonds. The van der Waals surface area contributed by atoms with Gasteiger partial charge in [-0.25, -0.2) is 4.79 Å². The Morgan fingerprint density at radius 2 is 2.38 bits per heavy atom. The first-order chi connectivity index (χ1) is 6.25. The lowest BCUT2D eigenvalue weighted by Gasteiger charge is -1.97. The summed E-state index contributed by atoms with van der Waals surface area (Å²) < 4.78 is 4.07. The van der Waals surface area contributed by atoms with Gasteiger partial charge in [-0.3, -0.25) is 0 Å². The van der Waals surface area contributed by atoms with E-state index >= 15 is 0 Å². The molecule has 0 fully saturated rings. The van der Waals surface area contributed by atoms with Crippen molar-refractivity contribution in [2.24, 2.45) is 0 Å². The number of aromatic carboxylic acids is 1. The maximum absolute atomic E-state index is 10.7. The molecule has 4 heteroatoms. The summed E-state index contributed by atoms with van der Waals surface area (Å²) in [6.07, 6.45) is 4.10. The summed E-state index contributed by atoms with van der Waals surface area (Å²) in [4.78, 5) is 10.7. The Morgan fingerprint density at radius 3 is 3.00 bits per heavy atom. The number of hydrogen-bond acceptors (Lipinski definition) is 3. The molecule has 0 aliphatic carbocycles. The quantitative estimate of drug-likeness (QED) is 0.741. The molecule has 1 heterocycles. The maximum Gasteiger partial charge on any atom is 0.338 e. The summed E-state index contributed by atoms with van der Waals surface area (Å²) in [5.74, 6) is -0.861. The summed E-state index contributed by atoms with van der Waals surface area (Å²) in [5, 5.41) is 10.4.